The fraction of sp³-hybridized carbons (Fsp3) is 0.158. The van der Waals surface area contributed by atoms with Crippen molar-refractivity contribution in [2.24, 2.45) is 5.73 Å². The second kappa shape index (κ2) is 7.18. The first-order chi connectivity index (χ1) is 12.4. The van der Waals surface area contributed by atoms with E-state index >= 15 is 0 Å². The van der Waals surface area contributed by atoms with Crippen LogP contribution in [0.3, 0.4) is 0 Å². The zero-order valence-electron chi connectivity index (χ0n) is 14.2. The van der Waals surface area contributed by atoms with Crippen LogP contribution in [0, 0.1) is 0 Å². The summed E-state index contributed by atoms with van der Waals surface area (Å²) >= 11 is 0. The maximum Gasteiger partial charge on any atom is 0.269 e. The number of nitrogens with two attached hydrogens (primary N) is 1. The van der Waals surface area contributed by atoms with Gasteiger partial charge in [-0.2, -0.15) is 5.10 Å². The van der Waals surface area contributed by atoms with E-state index in [9.17, 15) is 14.4 Å². The first kappa shape index (κ1) is 17.3. The van der Waals surface area contributed by atoms with Gasteiger partial charge in [-0.05, 0) is 35.4 Å². The zero-order valence-corrected chi connectivity index (χ0v) is 14.2. The van der Waals surface area contributed by atoms with Crippen LogP contribution in [0.1, 0.15) is 29.0 Å². The lowest BCUT2D eigenvalue weighted by atomic mass is 10.0. The second-order valence-electron chi connectivity index (χ2n) is 5.97. The van der Waals surface area contributed by atoms with Gasteiger partial charge in [0.15, 0.2) is 0 Å². The summed E-state index contributed by atoms with van der Waals surface area (Å²) in [6.45, 7) is 1.57. The Labute approximate surface area is 149 Å². The van der Waals surface area contributed by atoms with Crippen LogP contribution in [-0.4, -0.2) is 21.6 Å². The summed E-state index contributed by atoms with van der Waals surface area (Å²) in [6.07, 6.45) is 0. The molecule has 0 unspecified atom stereocenters. The lowest BCUT2D eigenvalue weighted by Crippen LogP contribution is -2.35. The van der Waals surface area contributed by atoms with E-state index in [1.54, 1.807) is 0 Å². The van der Waals surface area contributed by atoms with Crippen molar-refractivity contribution in [2.75, 3.05) is 0 Å². The molecule has 0 bridgehead atoms. The Morgan fingerprint density at radius 2 is 1.85 bits per heavy atom. The molecule has 7 heteroatoms. The van der Waals surface area contributed by atoms with E-state index < -0.39 is 11.5 Å². The topological polar surface area (TPSA) is 107 Å². The Hall–Kier alpha value is -3.48. The van der Waals surface area contributed by atoms with Crippen molar-refractivity contribution in [3.8, 4) is 0 Å². The van der Waals surface area contributed by atoms with Crippen molar-refractivity contribution < 1.29 is 9.59 Å². The molecule has 3 rings (SSSR count). The average Bonchev–Trinajstić information content (AvgIpc) is 2.62. The van der Waals surface area contributed by atoms with E-state index in [-0.39, 0.29) is 24.2 Å². The van der Waals surface area contributed by atoms with E-state index in [1.165, 1.54) is 6.07 Å². The van der Waals surface area contributed by atoms with Crippen molar-refractivity contribution in [3.63, 3.8) is 0 Å². The van der Waals surface area contributed by atoms with Gasteiger partial charge < -0.3 is 11.1 Å². The molecule has 0 saturated heterocycles. The van der Waals surface area contributed by atoms with Crippen LogP contribution >= 0.6 is 0 Å². The van der Waals surface area contributed by atoms with E-state index in [1.807, 2.05) is 49.4 Å². The molecule has 0 saturated carbocycles. The minimum Gasteiger partial charge on any atom is -0.364 e. The molecule has 132 valence electrons. The van der Waals surface area contributed by atoms with Crippen LogP contribution in [0.4, 0.5) is 0 Å². The number of nitrogens with zero attached hydrogens (tertiary/aromatic N) is 2. The Balaban J connectivity index is 1.73. The molecule has 2 aromatic carbocycles. The van der Waals surface area contributed by atoms with Gasteiger partial charge in [0, 0.05) is 6.07 Å². The lowest BCUT2D eigenvalue weighted by molar-refractivity contribution is -0.122. The second-order valence-corrected chi connectivity index (χ2v) is 5.97. The molecule has 2 amide bonds. The van der Waals surface area contributed by atoms with Crippen molar-refractivity contribution >= 4 is 22.6 Å². The number of primary amides is 1. The van der Waals surface area contributed by atoms with Crippen molar-refractivity contribution in [1.29, 1.82) is 0 Å². The summed E-state index contributed by atoms with van der Waals surface area (Å²) in [7, 11) is 0. The summed E-state index contributed by atoms with van der Waals surface area (Å²) < 4.78 is 0.919. The molecule has 0 aliphatic heterocycles. The molecule has 3 N–H and O–H groups in total. The lowest BCUT2D eigenvalue weighted by Gasteiger charge is -2.15. The van der Waals surface area contributed by atoms with Crippen LogP contribution in [-0.2, 0) is 11.3 Å². The Morgan fingerprint density at radius 1 is 1.12 bits per heavy atom. The zero-order chi connectivity index (χ0) is 18.7. The van der Waals surface area contributed by atoms with Crippen molar-refractivity contribution in [1.82, 2.24) is 15.1 Å². The summed E-state index contributed by atoms with van der Waals surface area (Å²) in [6, 6.07) is 16.1. The number of carbonyl (C=O) groups excluding carboxylic acids is 2. The molecule has 3 aromatic rings. The van der Waals surface area contributed by atoms with Crippen LogP contribution in [0.2, 0.25) is 0 Å². The largest absolute Gasteiger partial charge is 0.364 e. The van der Waals surface area contributed by atoms with Gasteiger partial charge in [-0.3, -0.25) is 14.4 Å². The molecule has 7 nitrogen and oxygen atoms in total. The molecule has 0 aliphatic rings. The number of carbonyl (C=O) groups is 2. The first-order valence-corrected chi connectivity index (χ1v) is 8.10. The van der Waals surface area contributed by atoms with Gasteiger partial charge >= 0.3 is 0 Å². The number of fused-ring (bicyclic) bond motifs is 1. The summed E-state index contributed by atoms with van der Waals surface area (Å²) in [5.41, 5.74) is 5.54. The number of aromatic nitrogens is 2. The first-order valence-electron chi connectivity index (χ1n) is 8.10. The van der Waals surface area contributed by atoms with E-state index in [0.29, 0.717) is 0 Å². The highest BCUT2D eigenvalue weighted by molar-refractivity contribution is 5.90. The van der Waals surface area contributed by atoms with Crippen LogP contribution in [0.25, 0.3) is 10.8 Å². The number of nitrogens with one attached hydrogen (secondary N) is 1. The third kappa shape index (κ3) is 3.77. The van der Waals surface area contributed by atoms with Gasteiger partial charge in [-0.15, -0.1) is 0 Å². The Morgan fingerprint density at radius 3 is 2.58 bits per heavy atom. The third-order valence-electron chi connectivity index (χ3n) is 4.06. The normalized spacial score (nSPS) is 11.9. The summed E-state index contributed by atoms with van der Waals surface area (Å²) in [4.78, 5) is 35.2. The minimum atomic E-state index is -0.760. The van der Waals surface area contributed by atoms with E-state index in [2.05, 4.69) is 10.4 Å². The summed E-state index contributed by atoms with van der Waals surface area (Å²) in [5.74, 6) is -1.15. The van der Waals surface area contributed by atoms with Gasteiger partial charge in [-0.1, -0.05) is 36.4 Å². The molecular weight excluding hydrogens is 332 g/mol. The standard InChI is InChI=1S/C19H18N4O3/c1-12(14-7-6-13-4-2-3-5-15(13)10-14)21-17(24)11-23-18(25)9-8-16(22-23)19(20)26/h2-10,12H,11H2,1H3,(H2,20,26)(H,21,24)/t12-/m0/s1. The van der Waals surface area contributed by atoms with Gasteiger partial charge in [0.1, 0.15) is 12.2 Å². The number of hydrogen-bond acceptors (Lipinski definition) is 4. The molecule has 0 aliphatic carbocycles. The highest BCUT2D eigenvalue weighted by atomic mass is 16.2. The highest BCUT2D eigenvalue weighted by Gasteiger charge is 2.13. The maximum absolute atomic E-state index is 12.3. The maximum atomic E-state index is 12.3. The number of amides is 2. The highest BCUT2D eigenvalue weighted by Crippen LogP contribution is 2.20. The minimum absolute atomic E-state index is 0.0695. The molecule has 0 radical (unpaired) electrons. The van der Waals surface area contributed by atoms with E-state index in [4.69, 9.17) is 5.73 Å². The van der Waals surface area contributed by atoms with E-state index in [0.717, 1.165) is 27.1 Å². The fourth-order valence-corrected chi connectivity index (χ4v) is 2.68. The Bertz CT molecular complexity index is 1040. The van der Waals surface area contributed by atoms with Crippen LogP contribution in [0.15, 0.2) is 59.4 Å². The van der Waals surface area contributed by atoms with Gasteiger partial charge in [0.2, 0.25) is 5.91 Å². The molecule has 1 atom stereocenters. The molecule has 0 fully saturated rings. The number of benzene rings is 2. The predicted molar refractivity (Wildman–Crippen MR) is 97.5 cm³/mol. The third-order valence-corrected chi connectivity index (χ3v) is 4.06. The predicted octanol–water partition coefficient (Wildman–Crippen LogP) is 1.37. The van der Waals surface area contributed by atoms with Crippen LogP contribution < -0.4 is 16.6 Å². The van der Waals surface area contributed by atoms with Crippen molar-refractivity contribution in [2.45, 2.75) is 19.5 Å². The molecule has 26 heavy (non-hydrogen) atoms. The summed E-state index contributed by atoms with van der Waals surface area (Å²) in [5, 5.41) is 8.83. The molecule has 1 aromatic heterocycles. The SMILES string of the molecule is C[C@H](NC(=O)Cn1nc(C(N)=O)ccc1=O)c1ccc2ccccc2c1. The van der Waals surface area contributed by atoms with Gasteiger partial charge in [0.25, 0.3) is 11.5 Å². The number of hydrogen-bond donors (Lipinski definition) is 2. The van der Waals surface area contributed by atoms with Crippen molar-refractivity contribution in [3.05, 3.63) is 76.2 Å². The van der Waals surface area contributed by atoms with Gasteiger partial charge in [0.05, 0.1) is 6.04 Å². The Kier molecular flexibility index (Phi) is 4.79. The number of rotatable bonds is 5. The van der Waals surface area contributed by atoms with Crippen LogP contribution in [0.5, 0.6) is 0 Å². The fourth-order valence-electron chi connectivity index (χ4n) is 2.68. The molecular formula is C19H18N4O3. The quantitative estimate of drug-likeness (QED) is 0.724. The molecule has 1 heterocycles. The average molecular weight is 350 g/mol. The molecule has 0 spiro atoms. The monoisotopic (exact) mass is 350 g/mol. The smallest absolute Gasteiger partial charge is 0.269 e. The van der Waals surface area contributed by atoms with Gasteiger partial charge in [-0.25, -0.2) is 4.68 Å².